The maximum Gasteiger partial charge on any atom is 0.490 e. The number of nitrogens with zero attached hydrogens (tertiary/aromatic N) is 2. The van der Waals surface area contributed by atoms with Gasteiger partial charge < -0.3 is 24.1 Å². The van der Waals surface area contributed by atoms with E-state index >= 15 is 0 Å². The average Bonchev–Trinajstić information content (AvgIpc) is 3.33. The highest BCUT2D eigenvalue weighted by Gasteiger charge is 2.38. The van der Waals surface area contributed by atoms with Gasteiger partial charge in [-0.1, -0.05) is 6.58 Å². The predicted molar refractivity (Wildman–Crippen MR) is 110 cm³/mol. The van der Waals surface area contributed by atoms with E-state index in [-0.39, 0.29) is 0 Å². The minimum absolute atomic E-state index is 0.691. The third kappa shape index (κ3) is 4.32. The molecule has 0 fully saturated rings. The molecule has 0 unspecified atom stereocenters. The van der Waals surface area contributed by atoms with E-state index < -0.39 is 12.1 Å². The third-order valence-corrected chi connectivity index (χ3v) is 4.46. The summed E-state index contributed by atoms with van der Waals surface area (Å²) in [6.07, 6.45) is 0.517. The normalized spacial score (nSPS) is 11.1. The number of nitrogens with one attached hydrogen (secondary N) is 1. The van der Waals surface area contributed by atoms with E-state index in [1.165, 1.54) is 0 Å². The van der Waals surface area contributed by atoms with Crippen molar-refractivity contribution in [2.45, 2.75) is 6.18 Å². The molecule has 7 nitrogen and oxygen atoms in total. The van der Waals surface area contributed by atoms with Gasteiger partial charge in [-0.15, -0.1) is 0 Å². The molecule has 0 aliphatic carbocycles. The molecule has 0 amide bonds. The Morgan fingerprint density at radius 1 is 1.23 bits per heavy atom. The number of hydrogen-bond donors (Lipinski definition) is 2. The predicted octanol–water partition coefficient (Wildman–Crippen LogP) is 4.94. The number of methoxy groups -OCH3 is 2. The molecule has 3 aromatic heterocycles. The van der Waals surface area contributed by atoms with Gasteiger partial charge in [0.05, 0.1) is 19.7 Å². The quantitative estimate of drug-likeness (QED) is 0.476. The second-order valence-corrected chi connectivity index (χ2v) is 6.28. The fourth-order valence-electron chi connectivity index (χ4n) is 3.04. The Morgan fingerprint density at radius 2 is 1.87 bits per heavy atom. The SMILES string of the molecule is C=Cn1cc(-c2cc3cccnc3[nH]2)c2cc(OC)c(OC)cc21.O=C(O)C(F)(F)F. The number of rotatable bonds is 4. The lowest BCUT2D eigenvalue weighted by Crippen LogP contribution is -2.21. The summed E-state index contributed by atoms with van der Waals surface area (Å²) in [5.74, 6) is -1.37. The van der Waals surface area contributed by atoms with Gasteiger partial charge in [-0.25, -0.2) is 9.78 Å². The van der Waals surface area contributed by atoms with Crippen LogP contribution in [0.5, 0.6) is 11.5 Å². The van der Waals surface area contributed by atoms with E-state index in [2.05, 4.69) is 22.6 Å². The number of aliphatic carboxylic acids is 1. The van der Waals surface area contributed by atoms with Crippen molar-refractivity contribution in [2.24, 2.45) is 0 Å². The van der Waals surface area contributed by atoms with Crippen molar-refractivity contribution < 1.29 is 32.5 Å². The minimum atomic E-state index is -5.08. The number of aromatic nitrogens is 3. The number of hydrogen-bond acceptors (Lipinski definition) is 4. The number of pyridine rings is 1. The lowest BCUT2D eigenvalue weighted by Gasteiger charge is -2.08. The van der Waals surface area contributed by atoms with Crippen LogP contribution in [0.2, 0.25) is 0 Å². The van der Waals surface area contributed by atoms with Gasteiger partial charge in [0, 0.05) is 46.7 Å². The number of aromatic amines is 1. The smallest absolute Gasteiger partial charge is 0.490 e. The lowest BCUT2D eigenvalue weighted by molar-refractivity contribution is -0.192. The summed E-state index contributed by atoms with van der Waals surface area (Å²) in [4.78, 5) is 16.6. The molecular formula is C21H18F3N3O4. The van der Waals surface area contributed by atoms with Gasteiger partial charge in [0.15, 0.2) is 11.5 Å². The van der Waals surface area contributed by atoms with Crippen LogP contribution in [0.25, 0.3) is 39.4 Å². The standard InChI is InChI=1S/C19H17N3O2.C2HF3O2/c1-4-22-11-14(15-8-12-6-5-7-20-19(12)21-15)13-9-17(23-2)18(24-3)10-16(13)22;3-2(4,5)1(6)7/h4-11H,1H2,2-3H3,(H,20,21);(H,6,7). The van der Waals surface area contributed by atoms with E-state index in [4.69, 9.17) is 19.4 Å². The zero-order valence-electron chi connectivity index (χ0n) is 16.5. The van der Waals surface area contributed by atoms with Gasteiger partial charge >= 0.3 is 12.1 Å². The molecule has 2 N–H and O–H groups in total. The van der Waals surface area contributed by atoms with Crippen LogP contribution >= 0.6 is 0 Å². The Labute approximate surface area is 174 Å². The molecule has 0 atom stereocenters. The van der Waals surface area contributed by atoms with E-state index in [9.17, 15) is 13.2 Å². The van der Waals surface area contributed by atoms with Crippen LogP contribution in [0.15, 0.2) is 49.3 Å². The fraction of sp³-hybridized carbons (Fsp3) is 0.143. The highest BCUT2D eigenvalue weighted by Crippen LogP contribution is 2.38. The molecule has 0 bridgehead atoms. The number of ether oxygens (including phenoxy) is 2. The van der Waals surface area contributed by atoms with Crippen LogP contribution in [0.1, 0.15) is 0 Å². The van der Waals surface area contributed by atoms with Crippen molar-refractivity contribution in [3.8, 4) is 22.8 Å². The lowest BCUT2D eigenvalue weighted by atomic mass is 10.1. The summed E-state index contributed by atoms with van der Waals surface area (Å²) in [5.41, 5.74) is 3.93. The van der Waals surface area contributed by atoms with Crippen LogP contribution in [0, 0.1) is 0 Å². The van der Waals surface area contributed by atoms with Crippen molar-refractivity contribution >= 4 is 34.1 Å². The zero-order valence-corrected chi connectivity index (χ0v) is 16.5. The maximum absolute atomic E-state index is 10.6. The fourth-order valence-corrected chi connectivity index (χ4v) is 3.04. The molecule has 4 rings (SSSR count). The van der Waals surface area contributed by atoms with E-state index in [0.29, 0.717) is 11.5 Å². The number of benzene rings is 1. The summed E-state index contributed by atoms with van der Waals surface area (Å²) in [6, 6.07) is 10.0. The molecule has 0 saturated carbocycles. The Morgan fingerprint density at radius 3 is 2.42 bits per heavy atom. The van der Waals surface area contributed by atoms with Crippen molar-refractivity contribution in [1.29, 1.82) is 0 Å². The van der Waals surface area contributed by atoms with Crippen molar-refractivity contribution in [2.75, 3.05) is 14.2 Å². The monoisotopic (exact) mass is 433 g/mol. The van der Waals surface area contributed by atoms with E-state index in [0.717, 1.165) is 33.2 Å². The molecule has 0 aliphatic rings. The molecule has 1 aromatic carbocycles. The van der Waals surface area contributed by atoms with Gasteiger partial charge in [0.25, 0.3) is 0 Å². The largest absolute Gasteiger partial charge is 0.493 e. The van der Waals surface area contributed by atoms with Gasteiger partial charge in [-0.2, -0.15) is 13.2 Å². The highest BCUT2D eigenvalue weighted by molar-refractivity contribution is 6.00. The number of alkyl halides is 3. The van der Waals surface area contributed by atoms with E-state index in [1.807, 2.05) is 35.0 Å². The maximum atomic E-state index is 10.6. The molecular weight excluding hydrogens is 415 g/mol. The minimum Gasteiger partial charge on any atom is -0.493 e. The number of carbonyl (C=O) groups is 1. The molecule has 10 heteroatoms. The van der Waals surface area contributed by atoms with Crippen molar-refractivity contribution in [1.82, 2.24) is 14.5 Å². The Kier molecular flexibility index (Phi) is 5.91. The molecule has 4 aromatic rings. The molecule has 0 spiro atoms. The van der Waals surface area contributed by atoms with E-state index in [1.54, 1.807) is 26.6 Å². The van der Waals surface area contributed by atoms with Gasteiger partial charge in [-0.05, 0) is 24.3 Å². The highest BCUT2D eigenvalue weighted by atomic mass is 19.4. The van der Waals surface area contributed by atoms with Crippen molar-refractivity contribution in [3.63, 3.8) is 0 Å². The third-order valence-electron chi connectivity index (χ3n) is 4.46. The van der Waals surface area contributed by atoms with Crippen LogP contribution < -0.4 is 9.47 Å². The Hall–Kier alpha value is -3.95. The number of carboxylic acids is 1. The summed E-state index contributed by atoms with van der Waals surface area (Å²) in [7, 11) is 3.27. The molecule has 3 heterocycles. The summed E-state index contributed by atoms with van der Waals surface area (Å²) in [5, 5.41) is 9.26. The topological polar surface area (TPSA) is 89.4 Å². The van der Waals surface area contributed by atoms with Crippen LogP contribution in [0.3, 0.4) is 0 Å². The van der Waals surface area contributed by atoms with Gasteiger partial charge in [0.1, 0.15) is 5.65 Å². The van der Waals surface area contributed by atoms with Crippen LogP contribution in [-0.2, 0) is 4.79 Å². The van der Waals surface area contributed by atoms with Gasteiger partial charge in [-0.3, -0.25) is 0 Å². The first-order chi connectivity index (χ1) is 14.7. The first-order valence-electron chi connectivity index (χ1n) is 8.83. The Bertz CT molecular complexity index is 1230. The molecule has 0 saturated heterocycles. The van der Waals surface area contributed by atoms with Crippen LogP contribution in [0.4, 0.5) is 13.2 Å². The average molecular weight is 433 g/mol. The molecule has 31 heavy (non-hydrogen) atoms. The van der Waals surface area contributed by atoms with Crippen molar-refractivity contribution in [3.05, 3.63) is 49.3 Å². The Balaban J connectivity index is 0.000000339. The second-order valence-electron chi connectivity index (χ2n) is 6.28. The summed E-state index contributed by atoms with van der Waals surface area (Å²) >= 11 is 0. The first kappa shape index (κ1) is 21.8. The van der Waals surface area contributed by atoms with Gasteiger partial charge in [0.2, 0.25) is 0 Å². The molecule has 162 valence electrons. The number of carboxylic acid groups (broad SMARTS) is 1. The summed E-state index contributed by atoms with van der Waals surface area (Å²) in [6.45, 7) is 3.90. The molecule has 0 aliphatic heterocycles. The number of halogens is 3. The number of H-pyrrole nitrogens is 1. The number of fused-ring (bicyclic) bond motifs is 2. The first-order valence-corrected chi connectivity index (χ1v) is 8.83. The summed E-state index contributed by atoms with van der Waals surface area (Å²) < 4.78 is 44.6. The molecule has 0 radical (unpaired) electrons. The zero-order chi connectivity index (χ0) is 22.8. The van der Waals surface area contributed by atoms with Crippen LogP contribution in [-0.4, -0.2) is 46.0 Å². The second kappa shape index (κ2) is 8.42.